The fourth-order valence-electron chi connectivity index (χ4n) is 4.31. The highest BCUT2D eigenvalue weighted by Crippen LogP contribution is 2.38. The Hall–Kier alpha value is -4.60. The smallest absolute Gasteiger partial charge is 0.341 e. The van der Waals surface area contributed by atoms with Crippen LogP contribution in [0.5, 0.6) is 0 Å². The van der Waals surface area contributed by atoms with Crippen LogP contribution in [0.3, 0.4) is 0 Å². The first kappa shape index (κ1) is 20.0. The van der Waals surface area contributed by atoms with E-state index in [2.05, 4.69) is 25.7 Å². The molecule has 1 aliphatic rings. The van der Waals surface area contributed by atoms with Crippen LogP contribution in [0, 0.1) is 0 Å². The van der Waals surface area contributed by atoms with E-state index in [0.29, 0.717) is 17.9 Å². The van der Waals surface area contributed by atoms with Crippen molar-refractivity contribution in [1.82, 2.24) is 34.8 Å². The fourth-order valence-corrected chi connectivity index (χ4v) is 4.31. The van der Waals surface area contributed by atoms with E-state index in [1.165, 1.54) is 10.7 Å². The van der Waals surface area contributed by atoms with Crippen LogP contribution in [0.2, 0.25) is 0 Å². The average molecular weight is 453 g/mol. The van der Waals surface area contributed by atoms with E-state index in [4.69, 9.17) is 0 Å². The zero-order chi connectivity index (χ0) is 23.2. The predicted octanol–water partition coefficient (Wildman–Crippen LogP) is 2.97. The minimum atomic E-state index is -1.12. The second-order valence-corrected chi connectivity index (χ2v) is 8.37. The van der Waals surface area contributed by atoms with Crippen molar-refractivity contribution in [3.8, 4) is 22.5 Å². The number of aromatic nitrogens is 7. The van der Waals surface area contributed by atoms with Crippen LogP contribution in [-0.4, -0.2) is 45.9 Å². The minimum Gasteiger partial charge on any atom is -0.477 e. The molecule has 5 aromatic rings. The highest BCUT2D eigenvalue weighted by atomic mass is 16.4. The molecule has 2 N–H and O–H groups in total. The Bertz CT molecular complexity index is 1580. The molecule has 0 amide bonds. The van der Waals surface area contributed by atoms with Crippen LogP contribution in [0.1, 0.15) is 40.2 Å². The summed E-state index contributed by atoms with van der Waals surface area (Å²) >= 11 is 0. The van der Waals surface area contributed by atoms with Crippen LogP contribution in [0.15, 0.2) is 65.7 Å². The molecule has 0 spiro atoms. The Balaban J connectivity index is 1.39. The van der Waals surface area contributed by atoms with Gasteiger partial charge in [0, 0.05) is 23.9 Å². The third-order valence-corrected chi connectivity index (χ3v) is 6.13. The maximum Gasteiger partial charge on any atom is 0.341 e. The molecule has 10 heteroatoms. The second-order valence-electron chi connectivity index (χ2n) is 8.37. The van der Waals surface area contributed by atoms with E-state index >= 15 is 0 Å². The number of hydrogen-bond acceptors (Lipinski definition) is 6. The Morgan fingerprint density at radius 2 is 1.85 bits per heavy atom. The molecule has 0 aliphatic heterocycles. The number of rotatable bonds is 6. The molecular weight excluding hydrogens is 434 g/mol. The van der Waals surface area contributed by atoms with Crippen LogP contribution in [-0.2, 0) is 6.54 Å². The highest BCUT2D eigenvalue weighted by molar-refractivity contribution is 5.94. The lowest BCUT2D eigenvalue weighted by atomic mass is 9.98. The summed E-state index contributed by atoms with van der Waals surface area (Å²) in [5, 5.41) is 28.0. The number of carbonyl (C=O) groups is 1. The lowest BCUT2D eigenvalue weighted by Crippen LogP contribution is -2.23. The van der Waals surface area contributed by atoms with E-state index in [1.54, 1.807) is 6.20 Å². The van der Waals surface area contributed by atoms with Gasteiger partial charge in [-0.3, -0.25) is 4.79 Å². The number of aromatic carboxylic acids is 1. The van der Waals surface area contributed by atoms with Gasteiger partial charge in [-0.15, -0.1) is 10.2 Å². The maximum atomic E-state index is 12.9. The lowest BCUT2D eigenvalue weighted by Gasteiger charge is -2.13. The quantitative estimate of drug-likeness (QED) is 0.404. The second kappa shape index (κ2) is 7.77. The molecule has 1 fully saturated rings. The van der Waals surface area contributed by atoms with Crippen molar-refractivity contribution in [2.24, 2.45) is 0 Å². The third-order valence-electron chi connectivity index (χ3n) is 6.13. The monoisotopic (exact) mass is 453 g/mol. The normalized spacial score (nSPS) is 13.4. The Kier molecular flexibility index (Phi) is 4.58. The molecule has 0 atom stereocenters. The predicted molar refractivity (Wildman–Crippen MR) is 123 cm³/mol. The van der Waals surface area contributed by atoms with Crippen molar-refractivity contribution in [3.05, 3.63) is 88.0 Å². The van der Waals surface area contributed by atoms with E-state index in [1.807, 2.05) is 53.1 Å². The van der Waals surface area contributed by atoms with Gasteiger partial charge in [0.2, 0.25) is 5.82 Å². The van der Waals surface area contributed by atoms with Crippen molar-refractivity contribution in [3.63, 3.8) is 0 Å². The van der Waals surface area contributed by atoms with Gasteiger partial charge in [0.15, 0.2) is 5.65 Å². The SMILES string of the molecule is O=C(O)c1cnn2c(=O)c(C3CC3)cn(Cc3ccc(-c4ccccc4-c4nn[nH]n4)cc3)c12. The van der Waals surface area contributed by atoms with Gasteiger partial charge in [0.05, 0.1) is 6.20 Å². The molecule has 10 nitrogen and oxygen atoms in total. The fraction of sp³-hybridized carbons (Fsp3) is 0.167. The summed E-state index contributed by atoms with van der Waals surface area (Å²) in [6.45, 7) is 0.405. The summed E-state index contributed by atoms with van der Waals surface area (Å²) < 4.78 is 3.03. The first-order valence-electron chi connectivity index (χ1n) is 10.9. The number of fused-ring (bicyclic) bond motifs is 1. The molecule has 0 saturated heterocycles. The standard InChI is InChI=1S/C24H19N7O3/c32-23-20(16-9-10-16)13-30(22-19(24(33)34)11-25-31(22)23)12-14-5-7-15(8-6-14)17-3-1-2-4-18(17)21-26-28-29-27-21/h1-8,11,13,16H,9-10,12H2,(H,33,34)(H,26,27,28,29). The number of hydrogen-bond donors (Lipinski definition) is 2. The van der Waals surface area contributed by atoms with E-state index in [-0.39, 0.29) is 22.7 Å². The molecule has 0 radical (unpaired) electrons. The molecule has 168 valence electrons. The summed E-state index contributed by atoms with van der Waals surface area (Å²) in [7, 11) is 0. The zero-order valence-corrected chi connectivity index (χ0v) is 17.9. The van der Waals surface area contributed by atoms with Gasteiger partial charge in [0.25, 0.3) is 5.56 Å². The highest BCUT2D eigenvalue weighted by Gasteiger charge is 2.29. The largest absolute Gasteiger partial charge is 0.477 e. The number of nitrogens with zero attached hydrogens (tertiary/aromatic N) is 6. The molecule has 1 aliphatic carbocycles. The van der Waals surface area contributed by atoms with Gasteiger partial charge in [-0.2, -0.15) is 14.8 Å². The van der Waals surface area contributed by atoms with Crippen LogP contribution in [0.4, 0.5) is 0 Å². The lowest BCUT2D eigenvalue weighted by molar-refractivity contribution is 0.0698. The van der Waals surface area contributed by atoms with Crippen molar-refractivity contribution in [2.45, 2.75) is 25.3 Å². The van der Waals surface area contributed by atoms with Crippen molar-refractivity contribution in [1.29, 1.82) is 0 Å². The molecule has 2 aromatic carbocycles. The Morgan fingerprint density at radius 1 is 1.09 bits per heavy atom. The summed E-state index contributed by atoms with van der Waals surface area (Å²) in [6.07, 6.45) is 4.96. The summed E-state index contributed by atoms with van der Waals surface area (Å²) in [5.74, 6) is -0.384. The topological polar surface area (TPSA) is 131 Å². The van der Waals surface area contributed by atoms with Gasteiger partial charge in [0.1, 0.15) is 5.56 Å². The molecule has 0 unspecified atom stereocenters. The summed E-state index contributed by atoms with van der Waals surface area (Å²) in [5.41, 5.74) is 4.52. The molecule has 6 rings (SSSR count). The van der Waals surface area contributed by atoms with Gasteiger partial charge in [-0.1, -0.05) is 48.5 Å². The van der Waals surface area contributed by atoms with Crippen molar-refractivity contribution >= 4 is 11.6 Å². The summed E-state index contributed by atoms with van der Waals surface area (Å²) in [6, 6.07) is 15.8. The number of tetrazole rings is 1. The maximum absolute atomic E-state index is 12.9. The average Bonchev–Trinajstić information content (AvgIpc) is 3.35. The molecule has 34 heavy (non-hydrogen) atoms. The molecule has 1 saturated carbocycles. The van der Waals surface area contributed by atoms with Gasteiger partial charge in [-0.05, 0) is 40.7 Å². The number of carboxylic acids is 1. The van der Waals surface area contributed by atoms with Crippen LogP contribution >= 0.6 is 0 Å². The number of aromatic amines is 1. The van der Waals surface area contributed by atoms with Crippen molar-refractivity contribution in [2.75, 3.05) is 0 Å². The minimum absolute atomic E-state index is 0.00473. The van der Waals surface area contributed by atoms with Crippen molar-refractivity contribution < 1.29 is 9.90 Å². The van der Waals surface area contributed by atoms with E-state index < -0.39 is 5.97 Å². The molecule has 3 aromatic heterocycles. The number of H-pyrrole nitrogens is 1. The van der Waals surface area contributed by atoms with E-state index in [9.17, 15) is 14.7 Å². The van der Waals surface area contributed by atoms with E-state index in [0.717, 1.165) is 35.1 Å². The van der Waals surface area contributed by atoms with Crippen LogP contribution < -0.4 is 5.56 Å². The number of benzene rings is 2. The molecular formula is C24H19N7O3. The first-order chi connectivity index (χ1) is 16.6. The van der Waals surface area contributed by atoms with Gasteiger partial charge >= 0.3 is 5.97 Å². The number of carboxylic acid groups (broad SMARTS) is 1. The molecule has 3 heterocycles. The van der Waals surface area contributed by atoms with Gasteiger partial charge in [-0.25, -0.2) is 4.79 Å². The number of nitrogens with one attached hydrogen (secondary N) is 1. The first-order valence-corrected chi connectivity index (χ1v) is 10.9. The zero-order valence-electron chi connectivity index (χ0n) is 17.9. The Labute approximate surface area is 192 Å². The third kappa shape index (κ3) is 3.36. The van der Waals surface area contributed by atoms with Crippen LogP contribution in [0.25, 0.3) is 28.2 Å². The van der Waals surface area contributed by atoms with Gasteiger partial charge < -0.3 is 9.67 Å². The molecule has 0 bridgehead atoms. The Morgan fingerprint density at radius 3 is 2.53 bits per heavy atom. The summed E-state index contributed by atoms with van der Waals surface area (Å²) in [4.78, 5) is 24.6.